The Bertz CT molecular complexity index is 657. The Morgan fingerprint density at radius 1 is 1.50 bits per heavy atom. The van der Waals surface area contributed by atoms with Crippen LogP contribution in [0, 0.1) is 11.6 Å². The van der Waals surface area contributed by atoms with Gasteiger partial charge in [0.15, 0.2) is 11.6 Å². The lowest BCUT2D eigenvalue weighted by Gasteiger charge is -2.16. The lowest BCUT2D eigenvalue weighted by molar-refractivity contribution is -0.118. The molecule has 0 radical (unpaired) electrons. The van der Waals surface area contributed by atoms with Gasteiger partial charge in [-0.25, -0.2) is 13.8 Å². The number of alkyl halides is 1. The van der Waals surface area contributed by atoms with Crippen molar-refractivity contribution in [2.24, 2.45) is 5.73 Å². The van der Waals surface area contributed by atoms with Gasteiger partial charge in [0.1, 0.15) is 11.3 Å². The molecule has 1 aromatic carbocycles. The van der Waals surface area contributed by atoms with Crippen LogP contribution in [-0.2, 0) is 11.2 Å². The second-order valence-electron chi connectivity index (χ2n) is 4.59. The van der Waals surface area contributed by atoms with Crippen molar-refractivity contribution < 1.29 is 13.6 Å². The van der Waals surface area contributed by atoms with E-state index < -0.39 is 23.6 Å². The molecule has 1 atom stereocenters. The van der Waals surface area contributed by atoms with Crippen molar-refractivity contribution in [1.82, 2.24) is 9.55 Å². The summed E-state index contributed by atoms with van der Waals surface area (Å²) in [6.07, 6.45) is 0.400. The number of nitrogens with zero attached hydrogens (tertiary/aromatic N) is 2. The normalized spacial score (nSPS) is 12.8. The summed E-state index contributed by atoms with van der Waals surface area (Å²) in [7, 11) is 0. The van der Waals surface area contributed by atoms with Gasteiger partial charge in [0.05, 0.1) is 5.52 Å². The van der Waals surface area contributed by atoms with Crippen molar-refractivity contribution in [2.45, 2.75) is 25.8 Å². The van der Waals surface area contributed by atoms with Gasteiger partial charge in [0.25, 0.3) is 0 Å². The summed E-state index contributed by atoms with van der Waals surface area (Å²) in [5, 5.41) is 0. The Morgan fingerprint density at radius 2 is 2.20 bits per heavy atom. The molecule has 0 bridgehead atoms. The molecule has 1 heterocycles. The Balaban J connectivity index is 2.66. The molecule has 4 nitrogen and oxygen atoms in total. The number of benzene rings is 1. The molecule has 0 aliphatic rings. The minimum atomic E-state index is -0.979. The number of hydrogen-bond donors (Lipinski definition) is 1. The average molecular weight is 302 g/mol. The fraction of sp³-hybridized carbons (Fsp3) is 0.385. The molecule has 20 heavy (non-hydrogen) atoms. The van der Waals surface area contributed by atoms with Crippen LogP contribution in [0.2, 0.25) is 0 Å². The van der Waals surface area contributed by atoms with Gasteiger partial charge < -0.3 is 10.3 Å². The van der Waals surface area contributed by atoms with Crippen molar-refractivity contribution >= 4 is 28.5 Å². The van der Waals surface area contributed by atoms with Crippen LogP contribution in [0.1, 0.15) is 25.2 Å². The zero-order valence-electron chi connectivity index (χ0n) is 10.9. The molecule has 0 fully saturated rings. The Morgan fingerprint density at radius 3 is 2.80 bits per heavy atom. The SMILES string of the molecule is CC(CC(N)=O)n1c(CCCl)nc2ccc(F)c(F)c21. The molecule has 0 spiro atoms. The van der Waals surface area contributed by atoms with Crippen molar-refractivity contribution in [2.75, 3.05) is 5.88 Å². The lowest BCUT2D eigenvalue weighted by atomic mass is 10.2. The van der Waals surface area contributed by atoms with Crippen molar-refractivity contribution in [3.05, 3.63) is 29.6 Å². The van der Waals surface area contributed by atoms with E-state index in [1.165, 1.54) is 10.6 Å². The monoisotopic (exact) mass is 301 g/mol. The first-order chi connectivity index (χ1) is 9.45. The maximum atomic E-state index is 14.0. The molecule has 1 amide bonds. The minimum absolute atomic E-state index is 0.0106. The number of nitrogens with two attached hydrogens (primary N) is 1. The van der Waals surface area contributed by atoms with Gasteiger partial charge in [-0.3, -0.25) is 4.79 Å². The lowest BCUT2D eigenvalue weighted by Crippen LogP contribution is -2.19. The largest absolute Gasteiger partial charge is 0.370 e. The first kappa shape index (κ1) is 14.7. The third-order valence-electron chi connectivity index (χ3n) is 3.07. The molecule has 0 aliphatic heterocycles. The number of carbonyl (C=O) groups is 1. The van der Waals surface area contributed by atoms with Gasteiger partial charge in [-0.2, -0.15) is 0 Å². The maximum Gasteiger partial charge on any atom is 0.219 e. The number of imidazole rings is 1. The number of aromatic nitrogens is 2. The van der Waals surface area contributed by atoms with Crippen LogP contribution in [0.3, 0.4) is 0 Å². The predicted molar refractivity (Wildman–Crippen MR) is 72.6 cm³/mol. The number of fused-ring (bicyclic) bond motifs is 1. The molecular formula is C13H14ClF2N3O. The van der Waals surface area contributed by atoms with E-state index in [-0.39, 0.29) is 17.8 Å². The topological polar surface area (TPSA) is 60.9 Å². The fourth-order valence-electron chi connectivity index (χ4n) is 2.29. The molecule has 1 aromatic heterocycles. The highest BCUT2D eigenvalue weighted by molar-refractivity contribution is 6.17. The third-order valence-corrected chi connectivity index (χ3v) is 3.26. The number of primary amides is 1. The summed E-state index contributed by atoms with van der Waals surface area (Å²) in [4.78, 5) is 15.3. The van der Waals surface area contributed by atoms with E-state index in [9.17, 15) is 13.6 Å². The van der Waals surface area contributed by atoms with E-state index in [4.69, 9.17) is 17.3 Å². The summed E-state index contributed by atoms with van der Waals surface area (Å²) in [5.41, 5.74) is 5.54. The van der Waals surface area contributed by atoms with Crippen molar-refractivity contribution in [3.63, 3.8) is 0 Å². The van der Waals surface area contributed by atoms with Crippen LogP contribution >= 0.6 is 11.6 Å². The number of carbonyl (C=O) groups excluding carboxylic acids is 1. The molecule has 2 N–H and O–H groups in total. The zero-order chi connectivity index (χ0) is 14.9. The summed E-state index contributed by atoms with van der Waals surface area (Å²) >= 11 is 5.70. The zero-order valence-corrected chi connectivity index (χ0v) is 11.6. The number of aryl methyl sites for hydroxylation is 1. The number of rotatable bonds is 5. The Kier molecular flexibility index (Phi) is 4.23. The molecular weight excluding hydrogens is 288 g/mol. The first-order valence-electron chi connectivity index (χ1n) is 6.14. The van der Waals surface area contributed by atoms with Crippen LogP contribution in [0.5, 0.6) is 0 Å². The summed E-state index contributed by atoms with van der Waals surface area (Å²) in [6, 6.07) is 2.00. The van der Waals surface area contributed by atoms with E-state index in [1.54, 1.807) is 6.92 Å². The van der Waals surface area contributed by atoms with Gasteiger partial charge in [0.2, 0.25) is 5.91 Å². The van der Waals surface area contributed by atoms with E-state index in [1.807, 2.05) is 0 Å². The molecule has 1 unspecified atom stereocenters. The van der Waals surface area contributed by atoms with Gasteiger partial charge in [-0.05, 0) is 19.1 Å². The van der Waals surface area contributed by atoms with Crippen molar-refractivity contribution in [3.8, 4) is 0 Å². The summed E-state index contributed by atoms with van der Waals surface area (Å²) in [5.74, 6) is -1.66. The van der Waals surface area contributed by atoms with Gasteiger partial charge >= 0.3 is 0 Å². The second-order valence-corrected chi connectivity index (χ2v) is 4.96. The van der Waals surface area contributed by atoms with Crippen molar-refractivity contribution in [1.29, 1.82) is 0 Å². The third kappa shape index (κ3) is 2.60. The molecule has 0 saturated heterocycles. The average Bonchev–Trinajstić information content (AvgIpc) is 2.73. The van der Waals surface area contributed by atoms with Crippen LogP contribution in [0.15, 0.2) is 12.1 Å². The second kappa shape index (κ2) is 5.75. The fourth-order valence-corrected chi connectivity index (χ4v) is 2.46. The quantitative estimate of drug-likeness (QED) is 0.863. The standard InChI is InChI=1S/C13H14ClF2N3O/c1-7(6-10(17)20)19-11(4-5-14)18-9-3-2-8(15)12(16)13(9)19/h2-3,7H,4-6H2,1H3,(H2,17,20). The van der Waals surface area contributed by atoms with Gasteiger partial charge in [-0.1, -0.05) is 0 Å². The number of halogens is 3. The number of hydrogen-bond acceptors (Lipinski definition) is 2. The number of amides is 1. The first-order valence-corrected chi connectivity index (χ1v) is 6.68. The van der Waals surface area contributed by atoms with E-state index in [0.29, 0.717) is 17.8 Å². The van der Waals surface area contributed by atoms with Gasteiger partial charge in [-0.15, -0.1) is 11.6 Å². The molecule has 2 aromatic rings. The Hall–Kier alpha value is -1.69. The smallest absolute Gasteiger partial charge is 0.219 e. The van der Waals surface area contributed by atoms with Crippen LogP contribution in [-0.4, -0.2) is 21.3 Å². The highest BCUT2D eigenvalue weighted by Crippen LogP contribution is 2.27. The van der Waals surface area contributed by atoms with Gasteiger partial charge in [0, 0.05) is 24.8 Å². The van der Waals surface area contributed by atoms with Crippen LogP contribution < -0.4 is 5.73 Å². The highest BCUT2D eigenvalue weighted by atomic mass is 35.5. The summed E-state index contributed by atoms with van der Waals surface area (Å²) < 4.78 is 28.9. The van der Waals surface area contributed by atoms with Crippen LogP contribution in [0.4, 0.5) is 8.78 Å². The molecule has 0 saturated carbocycles. The van der Waals surface area contributed by atoms with Crippen LogP contribution in [0.25, 0.3) is 11.0 Å². The predicted octanol–water partition coefficient (Wildman–Crippen LogP) is 2.53. The Labute approximate surface area is 119 Å². The molecule has 108 valence electrons. The molecule has 0 aliphatic carbocycles. The molecule has 7 heteroatoms. The highest BCUT2D eigenvalue weighted by Gasteiger charge is 2.21. The maximum absolute atomic E-state index is 14.0. The van der Waals surface area contributed by atoms with E-state index in [0.717, 1.165) is 6.07 Å². The molecule has 2 rings (SSSR count). The summed E-state index contributed by atoms with van der Waals surface area (Å²) in [6.45, 7) is 1.70. The van der Waals surface area contributed by atoms with E-state index >= 15 is 0 Å². The minimum Gasteiger partial charge on any atom is -0.370 e. The van der Waals surface area contributed by atoms with E-state index in [2.05, 4.69) is 4.98 Å².